The lowest BCUT2D eigenvalue weighted by Crippen LogP contribution is -2.70. The average molecular weight is 523 g/mol. The van der Waals surface area contributed by atoms with Crippen molar-refractivity contribution in [2.75, 3.05) is 79.2 Å². The molecule has 0 aromatic carbocycles. The van der Waals surface area contributed by atoms with Crippen molar-refractivity contribution in [3.63, 3.8) is 0 Å². The van der Waals surface area contributed by atoms with Gasteiger partial charge in [-0.05, 0) is 65.0 Å². The Morgan fingerprint density at radius 2 is 1.70 bits per heavy atom. The van der Waals surface area contributed by atoms with E-state index in [-0.39, 0.29) is 11.2 Å². The smallest absolute Gasteiger partial charge is 0.109 e. The van der Waals surface area contributed by atoms with Crippen LogP contribution in [0.2, 0.25) is 0 Å². The molecule has 0 amide bonds. The number of likely N-dealkylation sites (tertiary alicyclic amines) is 4. The van der Waals surface area contributed by atoms with Crippen LogP contribution in [0.4, 0.5) is 0 Å². The van der Waals surface area contributed by atoms with Gasteiger partial charge in [-0.25, -0.2) is 0 Å². The van der Waals surface area contributed by atoms with E-state index in [0.717, 1.165) is 38.8 Å². The highest BCUT2D eigenvalue weighted by atomic mass is 16.5. The Morgan fingerprint density at radius 3 is 2.32 bits per heavy atom. The van der Waals surface area contributed by atoms with Crippen LogP contribution in [-0.2, 0) is 14.2 Å². The number of methoxy groups -OCH3 is 1. The summed E-state index contributed by atoms with van der Waals surface area (Å²) >= 11 is 0. The highest BCUT2D eigenvalue weighted by Gasteiger charge is 2.56. The maximum Gasteiger partial charge on any atom is 0.109 e. The summed E-state index contributed by atoms with van der Waals surface area (Å²) in [6.45, 7) is 25.7. The molecule has 6 aliphatic heterocycles. The van der Waals surface area contributed by atoms with Crippen molar-refractivity contribution in [1.29, 1.82) is 0 Å². The van der Waals surface area contributed by atoms with Gasteiger partial charge in [0.05, 0.1) is 18.3 Å². The lowest BCUT2D eigenvalue weighted by atomic mass is 9.84. The highest BCUT2D eigenvalue weighted by molar-refractivity contribution is 5.10. The summed E-state index contributed by atoms with van der Waals surface area (Å²) in [5.74, 6) is 0.883. The quantitative estimate of drug-likeness (QED) is 0.547. The van der Waals surface area contributed by atoms with Crippen LogP contribution in [0.5, 0.6) is 0 Å². The summed E-state index contributed by atoms with van der Waals surface area (Å²) in [6.07, 6.45) is 6.88. The summed E-state index contributed by atoms with van der Waals surface area (Å²) in [5.41, 5.74) is 0.369. The van der Waals surface area contributed by atoms with E-state index < -0.39 is 0 Å². The van der Waals surface area contributed by atoms with E-state index in [1.54, 1.807) is 0 Å². The molecule has 216 valence electrons. The molecule has 6 saturated heterocycles. The molecule has 7 nitrogen and oxygen atoms in total. The SMILES string of the molecule is CC.CCN1CC2(CC(N3CCCC(C)C3)CO2)C1.COC1CCN(C2CCOC23CN(C(C)C)C3)C1. The molecule has 6 rings (SSSR count). The highest BCUT2D eigenvalue weighted by Crippen LogP contribution is 2.40. The van der Waals surface area contributed by atoms with Crippen LogP contribution in [0.15, 0.2) is 0 Å². The van der Waals surface area contributed by atoms with Gasteiger partial charge < -0.3 is 14.2 Å². The topological polar surface area (TPSA) is 40.6 Å². The first-order valence-electron chi connectivity index (χ1n) is 15.6. The van der Waals surface area contributed by atoms with Crippen molar-refractivity contribution in [3.05, 3.63) is 0 Å². The Labute approximate surface area is 228 Å². The van der Waals surface area contributed by atoms with E-state index in [1.807, 2.05) is 21.0 Å². The second-order valence-electron chi connectivity index (χ2n) is 12.8. The van der Waals surface area contributed by atoms with E-state index in [0.29, 0.717) is 24.2 Å². The van der Waals surface area contributed by atoms with E-state index in [1.165, 1.54) is 71.4 Å². The molecular weight excluding hydrogens is 464 g/mol. The van der Waals surface area contributed by atoms with Crippen LogP contribution in [0.3, 0.4) is 0 Å². The van der Waals surface area contributed by atoms with Crippen LogP contribution in [-0.4, -0.2) is 134 Å². The summed E-state index contributed by atoms with van der Waals surface area (Å²) in [4.78, 5) is 10.3. The maximum absolute atomic E-state index is 6.13. The monoisotopic (exact) mass is 522 g/mol. The number of rotatable bonds is 5. The Morgan fingerprint density at radius 1 is 0.946 bits per heavy atom. The van der Waals surface area contributed by atoms with E-state index in [4.69, 9.17) is 14.2 Å². The number of hydrogen-bond donors (Lipinski definition) is 0. The molecule has 6 heterocycles. The second-order valence-corrected chi connectivity index (χ2v) is 12.8. The maximum atomic E-state index is 6.13. The molecule has 0 N–H and O–H groups in total. The first-order chi connectivity index (χ1) is 17.9. The minimum absolute atomic E-state index is 0.132. The zero-order valence-electron chi connectivity index (χ0n) is 25.2. The molecule has 0 aliphatic carbocycles. The van der Waals surface area contributed by atoms with Crippen LogP contribution in [0, 0.1) is 5.92 Å². The van der Waals surface area contributed by atoms with Gasteiger partial charge >= 0.3 is 0 Å². The van der Waals surface area contributed by atoms with Gasteiger partial charge in [-0.15, -0.1) is 0 Å². The first-order valence-corrected chi connectivity index (χ1v) is 15.6. The lowest BCUT2D eigenvalue weighted by Gasteiger charge is -2.53. The van der Waals surface area contributed by atoms with Crippen molar-refractivity contribution in [3.8, 4) is 0 Å². The van der Waals surface area contributed by atoms with E-state index in [2.05, 4.69) is 47.3 Å². The normalized spacial score (nSPS) is 35.7. The fourth-order valence-electron chi connectivity index (χ4n) is 7.61. The predicted molar refractivity (Wildman–Crippen MR) is 151 cm³/mol. The van der Waals surface area contributed by atoms with Crippen molar-refractivity contribution < 1.29 is 14.2 Å². The third kappa shape index (κ3) is 6.55. The van der Waals surface area contributed by atoms with Crippen molar-refractivity contribution >= 4 is 0 Å². The molecular formula is C30H58N4O3. The standard InChI is InChI=1S/C14H26N2O2.C14H26N2O.C2H6/c1-11(2)16-9-14(10-16)13(5-7-18-14)15-6-4-12(8-15)17-3;1-3-15-10-14(11-15)7-13(9-17-14)16-6-4-5-12(2)8-16;1-2/h11-13H,4-10H2,1-3H3;12-13H,3-11H2,1-2H3;1-2H3. The minimum atomic E-state index is 0.132. The van der Waals surface area contributed by atoms with Gasteiger partial charge in [-0.3, -0.25) is 19.6 Å². The van der Waals surface area contributed by atoms with E-state index >= 15 is 0 Å². The molecule has 2 spiro atoms. The summed E-state index contributed by atoms with van der Waals surface area (Å²) in [5, 5.41) is 0. The number of piperidine rings is 1. The van der Waals surface area contributed by atoms with Gasteiger partial charge in [-0.2, -0.15) is 0 Å². The summed E-state index contributed by atoms with van der Waals surface area (Å²) in [7, 11) is 1.83. The Kier molecular flexibility index (Phi) is 10.4. The zero-order chi connectivity index (χ0) is 26.6. The van der Waals surface area contributed by atoms with Crippen molar-refractivity contribution in [2.24, 2.45) is 5.92 Å². The first kappa shape index (κ1) is 29.7. The summed E-state index contributed by atoms with van der Waals surface area (Å²) < 4.78 is 17.7. The number of likely N-dealkylation sites (N-methyl/N-ethyl adjacent to an activating group) is 1. The van der Waals surface area contributed by atoms with Crippen LogP contribution >= 0.6 is 0 Å². The Bertz CT molecular complexity index is 694. The van der Waals surface area contributed by atoms with Crippen molar-refractivity contribution in [1.82, 2.24) is 19.6 Å². The molecule has 6 fully saturated rings. The summed E-state index contributed by atoms with van der Waals surface area (Å²) in [6, 6.07) is 1.97. The Balaban J connectivity index is 0.000000162. The molecule has 4 atom stereocenters. The zero-order valence-corrected chi connectivity index (χ0v) is 25.2. The molecule has 4 unspecified atom stereocenters. The number of nitrogens with zero attached hydrogens (tertiary/aromatic N) is 4. The fourth-order valence-corrected chi connectivity index (χ4v) is 7.61. The molecule has 7 heteroatoms. The fraction of sp³-hybridized carbons (Fsp3) is 1.00. The third-order valence-corrected chi connectivity index (χ3v) is 9.88. The van der Waals surface area contributed by atoms with Crippen LogP contribution < -0.4 is 0 Å². The predicted octanol–water partition coefficient (Wildman–Crippen LogP) is 3.57. The van der Waals surface area contributed by atoms with Crippen molar-refractivity contribution in [2.45, 2.75) is 109 Å². The minimum Gasteiger partial charge on any atom is -0.380 e. The van der Waals surface area contributed by atoms with Crippen LogP contribution in [0.25, 0.3) is 0 Å². The molecule has 6 aliphatic rings. The lowest BCUT2D eigenvalue weighted by molar-refractivity contribution is -0.148. The van der Waals surface area contributed by atoms with Gasteiger partial charge in [0.1, 0.15) is 5.60 Å². The van der Waals surface area contributed by atoms with Crippen LogP contribution in [0.1, 0.15) is 73.6 Å². The van der Waals surface area contributed by atoms with Gasteiger partial charge in [0.2, 0.25) is 0 Å². The van der Waals surface area contributed by atoms with Gasteiger partial charge in [0, 0.05) is 77.7 Å². The number of ether oxygens (including phenoxy) is 3. The third-order valence-electron chi connectivity index (χ3n) is 9.88. The molecule has 37 heavy (non-hydrogen) atoms. The Hall–Kier alpha value is -0.280. The molecule has 0 saturated carbocycles. The molecule has 0 aromatic rings. The largest absolute Gasteiger partial charge is 0.380 e. The van der Waals surface area contributed by atoms with E-state index in [9.17, 15) is 0 Å². The van der Waals surface area contributed by atoms with Gasteiger partial charge in [-0.1, -0.05) is 27.7 Å². The average Bonchev–Trinajstić information content (AvgIpc) is 3.61. The number of hydrogen-bond acceptors (Lipinski definition) is 7. The molecule has 0 bridgehead atoms. The molecule has 0 radical (unpaired) electrons. The van der Waals surface area contributed by atoms with Gasteiger partial charge in [0.25, 0.3) is 0 Å². The van der Waals surface area contributed by atoms with Gasteiger partial charge in [0.15, 0.2) is 0 Å². The molecule has 0 aromatic heterocycles. The second kappa shape index (κ2) is 12.9.